The molecule has 12 heavy (non-hydrogen) atoms. The summed E-state index contributed by atoms with van der Waals surface area (Å²) in [4.78, 5) is 13.7. The maximum Gasteiger partial charge on any atom is 0.348 e. The molecule has 0 aliphatic carbocycles. The molecule has 1 rings (SSSR count). The monoisotopic (exact) mass is 202 g/mol. The number of thiophene rings is 1. The number of esters is 1. The van der Waals surface area contributed by atoms with E-state index in [0.717, 1.165) is 9.77 Å². The van der Waals surface area contributed by atoms with Crippen LogP contribution in [0, 0.1) is 6.92 Å². The molecule has 1 aromatic heterocycles. The lowest BCUT2D eigenvalue weighted by atomic mass is 10.4. The smallest absolute Gasteiger partial charge is 0.348 e. The molecule has 0 saturated heterocycles. The summed E-state index contributed by atoms with van der Waals surface area (Å²) in [5.74, 6) is -0.258. The van der Waals surface area contributed by atoms with Crippen LogP contribution in [0.5, 0.6) is 0 Å². The van der Waals surface area contributed by atoms with Crippen LogP contribution >= 0.6 is 24.0 Å². The highest BCUT2D eigenvalue weighted by Crippen LogP contribution is 2.24. The third-order valence-corrected chi connectivity index (χ3v) is 3.01. The summed E-state index contributed by atoms with van der Waals surface area (Å²) in [5, 5.41) is 0. The predicted molar refractivity (Wildman–Crippen MR) is 52.3 cm³/mol. The van der Waals surface area contributed by atoms with Gasteiger partial charge in [0.15, 0.2) is 0 Å². The van der Waals surface area contributed by atoms with Gasteiger partial charge in [0.25, 0.3) is 0 Å². The summed E-state index contributed by atoms with van der Waals surface area (Å²) in [6.45, 7) is 4.13. The molecular weight excluding hydrogens is 192 g/mol. The Morgan fingerprint density at radius 3 is 2.83 bits per heavy atom. The number of ether oxygens (including phenoxy) is 1. The molecule has 4 heteroatoms. The molecule has 0 bridgehead atoms. The molecule has 0 aliphatic rings. The van der Waals surface area contributed by atoms with Crippen LogP contribution < -0.4 is 0 Å². The highest BCUT2D eigenvalue weighted by Gasteiger charge is 2.10. The summed E-state index contributed by atoms with van der Waals surface area (Å²) >= 11 is 5.60. The fourth-order valence-electron chi connectivity index (χ4n) is 0.775. The van der Waals surface area contributed by atoms with Crippen molar-refractivity contribution in [2.45, 2.75) is 18.7 Å². The lowest BCUT2D eigenvalue weighted by Gasteiger charge is -1.95. The predicted octanol–water partition coefficient (Wildman–Crippen LogP) is 2.52. The second-order valence-electron chi connectivity index (χ2n) is 2.27. The van der Waals surface area contributed by atoms with E-state index in [4.69, 9.17) is 4.74 Å². The van der Waals surface area contributed by atoms with Crippen LogP contribution in [-0.2, 0) is 4.74 Å². The van der Waals surface area contributed by atoms with Gasteiger partial charge in [0.05, 0.1) is 6.61 Å². The van der Waals surface area contributed by atoms with Crippen LogP contribution in [0.1, 0.15) is 21.5 Å². The van der Waals surface area contributed by atoms with Gasteiger partial charge in [-0.1, -0.05) is 0 Å². The van der Waals surface area contributed by atoms with Crippen molar-refractivity contribution in [3.63, 3.8) is 0 Å². The second kappa shape index (κ2) is 3.96. The van der Waals surface area contributed by atoms with Crippen molar-refractivity contribution < 1.29 is 9.53 Å². The first-order valence-corrected chi connectivity index (χ1v) is 4.88. The summed E-state index contributed by atoms with van der Waals surface area (Å²) in [7, 11) is 0. The van der Waals surface area contributed by atoms with Gasteiger partial charge < -0.3 is 4.74 Å². The average Bonchev–Trinajstić information content (AvgIpc) is 2.33. The molecule has 0 saturated carbocycles. The Hall–Kier alpha value is -0.480. The molecule has 0 atom stereocenters. The maximum atomic E-state index is 11.2. The van der Waals surface area contributed by atoms with Crippen molar-refractivity contribution in [2.75, 3.05) is 6.61 Å². The van der Waals surface area contributed by atoms with Crippen molar-refractivity contribution in [3.8, 4) is 0 Å². The van der Waals surface area contributed by atoms with Crippen molar-refractivity contribution in [2.24, 2.45) is 0 Å². The minimum absolute atomic E-state index is 0.258. The van der Waals surface area contributed by atoms with E-state index in [1.54, 1.807) is 13.0 Å². The molecule has 0 spiro atoms. The molecule has 1 heterocycles. The molecule has 0 aromatic carbocycles. The van der Waals surface area contributed by atoms with E-state index in [0.29, 0.717) is 11.5 Å². The molecule has 0 unspecified atom stereocenters. The van der Waals surface area contributed by atoms with E-state index < -0.39 is 0 Å². The van der Waals surface area contributed by atoms with Gasteiger partial charge in [-0.25, -0.2) is 4.79 Å². The fourth-order valence-corrected chi connectivity index (χ4v) is 1.94. The quantitative estimate of drug-likeness (QED) is 0.589. The number of aryl methyl sites for hydroxylation is 1. The van der Waals surface area contributed by atoms with E-state index in [9.17, 15) is 4.79 Å². The van der Waals surface area contributed by atoms with Gasteiger partial charge in [-0.15, -0.1) is 24.0 Å². The summed E-state index contributed by atoms with van der Waals surface area (Å²) in [6.07, 6.45) is 0. The average molecular weight is 202 g/mol. The second-order valence-corrected chi connectivity index (χ2v) is 4.01. The fraction of sp³-hybridized carbons (Fsp3) is 0.375. The van der Waals surface area contributed by atoms with Crippen LogP contribution in [0.4, 0.5) is 0 Å². The van der Waals surface area contributed by atoms with Crippen molar-refractivity contribution in [1.82, 2.24) is 0 Å². The van der Waals surface area contributed by atoms with Gasteiger partial charge in [-0.3, -0.25) is 0 Å². The SMILES string of the molecule is CCOC(=O)c1cc(S)c(C)s1. The first kappa shape index (κ1) is 9.61. The highest BCUT2D eigenvalue weighted by molar-refractivity contribution is 7.80. The molecule has 1 aromatic rings. The topological polar surface area (TPSA) is 26.3 Å². The molecule has 0 fully saturated rings. The van der Waals surface area contributed by atoms with E-state index in [1.165, 1.54) is 11.3 Å². The van der Waals surface area contributed by atoms with E-state index >= 15 is 0 Å². The van der Waals surface area contributed by atoms with Gasteiger partial charge in [-0.05, 0) is 19.9 Å². The van der Waals surface area contributed by atoms with Gasteiger partial charge in [-0.2, -0.15) is 0 Å². The standard InChI is InChI=1S/C8H10O2S2/c1-3-10-8(9)7-4-6(11)5(2)12-7/h4,11H,3H2,1-2H3. The zero-order valence-electron chi connectivity index (χ0n) is 6.96. The van der Waals surface area contributed by atoms with Gasteiger partial charge in [0, 0.05) is 9.77 Å². The summed E-state index contributed by atoms with van der Waals surface area (Å²) < 4.78 is 4.83. The minimum atomic E-state index is -0.258. The number of thiol groups is 1. The Labute approximate surface area is 81.0 Å². The zero-order valence-corrected chi connectivity index (χ0v) is 8.67. The first-order valence-electron chi connectivity index (χ1n) is 3.61. The Morgan fingerprint density at radius 1 is 1.75 bits per heavy atom. The lowest BCUT2D eigenvalue weighted by molar-refractivity contribution is 0.0532. The third-order valence-electron chi connectivity index (χ3n) is 1.37. The molecule has 2 nitrogen and oxygen atoms in total. The molecule has 66 valence electrons. The summed E-state index contributed by atoms with van der Waals surface area (Å²) in [6, 6.07) is 1.74. The van der Waals surface area contributed by atoms with Crippen LogP contribution in [0.15, 0.2) is 11.0 Å². The molecule has 0 radical (unpaired) electrons. The van der Waals surface area contributed by atoms with E-state index in [-0.39, 0.29) is 5.97 Å². The first-order chi connectivity index (χ1) is 5.65. The number of carbonyl (C=O) groups is 1. The largest absolute Gasteiger partial charge is 0.462 e. The third kappa shape index (κ3) is 2.01. The molecule has 0 aliphatic heterocycles. The minimum Gasteiger partial charge on any atom is -0.462 e. The van der Waals surface area contributed by atoms with Crippen LogP contribution in [0.3, 0.4) is 0 Å². The number of hydrogen-bond acceptors (Lipinski definition) is 4. The Morgan fingerprint density at radius 2 is 2.42 bits per heavy atom. The Kier molecular flexibility index (Phi) is 3.17. The molecular formula is C8H10O2S2. The summed E-state index contributed by atoms with van der Waals surface area (Å²) in [5.41, 5.74) is 0. The normalized spacial score (nSPS) is 9.92. The van der Waals surface area contributed by atoms with Crippen LogP contribution in [0.2, 0.25) is 0 Å². The van der Waals surface area contributed by atoms with Crippen LogP contribution in [-0.4, -0.2) is 12.6 Å². The van der Waals surface area contributed by atoms with Crippen molar-refractivity contribution >= 4 is 29.9 Å². The number of rotatable bonds is 2. The lowest BCUT2D eigenvalue weighted by Crippen LogP contribution is -2.01. The van der Waals surface area contributed by atoms with Gasteiger partial charge in [0.1, 0.15) is 4.88 Å². The van der Waals surface area contributed by atoms with Gasteiger partial charge >= 0.3 is 5.97 Å². The zero-order chi connectivity index (χ0) is 9.14. The number of hydrogen-bond donors (Lipinski definition) is 1. The van der Waals surface area contributed by atoms with Crippen LogP contribution in [0.25, 0.3) is 0 Å². The Bertz CT molecular complexity index is 272. The van der Waals surface area contributed by atoms with Gasteiger partial charge in [0.2, 0.25) is 0 Å². The highest BCUT2D eigenvalue weighted by atomic mass is 32.1. The van der Waals surface area contributed by atoms with Crippen molar-refractivity contribution in [3.05, 3.63) is 15.8 Å². The maximum absolute atomic E-state index is 11.2. The number of carbonyl (C=O) groups excluding carboxylic acids is 1. The van der Waals surface area contributed by atoms with E-state index in [1.807, 2.05) is 6.92 Å². The molecule has 0 amide bonds. The Balaban J connectivity index is 2.82. The van der Waals surface area contributed by atoms with E-state index in [2.05, 4.69) is 12.6 Å². The molecule has 0 N–H and O–H groups in total. The van der Waals surface area contributed by atoms with Crippen molar-refractivity contribution in [1.29, 1.82) is 0 Å².